The van der Waals surface area contributed by atoms with Crippen LogP contribution in [0.15, 0.2) is 54.6 Å². The van der Waals surface area contributed by atoms with Gasteiger partial charge in [-0.25, -0.2) is 0 Å². The minimum Gasteiger partial charge on any atom is -0.0619 e. The van der Waals surface area contributed by atoms with Crippen molar-refractivity contribution in [1.29, 1.82) is 0 Å². The third kappa shape index (κ3) is 1.37. The summed E-state index contributed by atoms with van der Waals surface area (Å²) < 4.78 is 1.41. The third-order valence-corrected chi connectivity index (χ3v) is 4.99. The molecule has 0 aliphatic heterocycles. The molecule has 1 heteroatoms. The molecule has 1 aliphatic carbocycles. The fraction of sp³-hybridized carbons (Fsp3) is 0.0588. The zero-order valence-corrected chi connectivity index (χ0v) is 11.9. The zero-order chi connectivity index (χ0) is 12.1. The predicted octanol–water partition coefficient (Wildman–Crippen LogP) is 5.02. The Bertz CT molecular complexity index is 772. The highest BCUT2D eigenvalue weighted by molar-refractivity contribution is 14.1. The van der Waals surface area contributed by atoms with Gasteiger partial charge in [0.15, 0.2) is 0 Å². The Morgan fingerprint density at radius 1 is 0.833 bits per heavy atom. The van der Waals surface area contributed by atoms with Gasteiger partial charge < -0.3 is 0 Å². The molecule has 0 unspecified atom stereocenters. The van der Waals surface area contributed by atoms with E-state index < -0.39 is 0 Å². The highest BCUT2D eigenvalue weighted by Crippen LogP contribution is 2.41. The summed E-state index contributed by atoms with van der Waals surface area (Å²) in [5, 5.41) is 2.72. The van der Waals surface area contributed by atoms with Gasteiger partial charge in [-0.1, -0.05) is 48.5 Å². The quantitative estimate of drug-likeness (QED) is 0.394. The van der Waals surface area contributed by atoms with E-state index in [4.69, 9.17) is 0 Å². The second-order valence-corrected chi connectivity index (χ2v) is 5.85. The Kier molecular flexibility index (Phi) is 2.24. The van der Waals surface area contributed by atoms with E-state index in [0.29, 0.717) is 0 Å². The normalized spacial score (nSPS) is 12.5. The van der Waals surface area contributed by atoms with Crippen LogP contribution < -0.4 is 0 Å². The summed E-state index contributed by atoms with van der Waals surface area (Å²) in [5.41, 5.74) is 5.79. The number of rotatable bonds is 0. The number of halogens is 1. The fourth-order valence-electron chi connectivity index (χ4n) is 2.89. The van der Waals surface area contributed by atoms with E-state index in [2.05, 4.69) is 77.2 Å². The number of hydrogen-bond acceptors (Lipinski definition) is 0. The molecule has 0 fully saturated rings. The van der Waals surface area contributed by atoms with Gasteiger partial charge in [0.2, 0.25) is 0 Å². The summed E-state index contributed by atoms with van der Waals surface area (Å²) >= 11 is 2.50. The van der Waals surface area contributed by atoms with E-state index in [9.17, 15) is 0 Å². The SMILES string of the molecule is Ic1c2c(cc3ccccc13)-c1ccccc1C2. The molecule has 3 aromatic rings. The molecule has 0 amide bonds. The molecule has 0 atom stereocenters. The summed E-state index contributed by atoms with van der Waals surface area (Å²) in [5.74, 6) is 0. The monoisotopic (exact) mass is 342 g/mol. The molecule has 18 heavy (non-hydrogen) atoms. The lowest BCUT2D eigenvalue weighted by molar-refractivity contribution is 1.25. The first-order valence-corrected chi connectivity index (χ1v) is 7.21. The van der Waals surface area contributed by atoms with Crippen molar-refractivity contribution >= 4 is 33.4 Å². The standard InChI is InChI=1S/C17H11I/c18-17-14-8-4-2-6-12(14)9-15-13-7-3-1-5-11(13)10-16(15)17/h1-9H,10H2. The van der Waals surface area contributed by atoms with Crippen LogP contribution in [-0.4, -0.2) is 0 Å². The van der Waals surface area contributed by atoms with Gasteiger partial charge >= 0.3 is 0 Å². The fourth-order valence-corrected chi connectivity index (χ4v) is 3.86. The van der Waals surface area contributed by atoms with Crippen molar-refractivity contribution in [2.45, 2.75) is 6.42 Å². The Morgan fingerprint density at radius 3 is 2.56 bits per heavy atom. The summed E-state index contributed by atoms with van der Waals surface area (Å²) in [4.78, 5) is 0. The van der Waals surface area contributed by atoms with Gasteiger partial charge in [0.05, 0.1) is 0 Å². The lowest BCUT2D eigenvalue weighted by Gasteiger charge is -2.08. The van der Waals surface area contributed by atoms with Gasteiger partial charge in [0.1, 0.15) is 0 Å². The van der Waals surface area contributed by atoms with Crippen LogP contribution in [0, 0.1) is 3.57 Å². The van der Waals surface area contributed by atoms with E-state index in [0.717, 1.165) is 6.42 Å². The van der Waals surface area contributed by atoms with E-state index in [1.54, 1.807) is 0 Å². The summed E-state index contributed by atoms with van der Waals surface area (Å²) in [6, 6.07) is 19.8. The number of hydrogen-bond donors (Lipinski definition) is 0. The van der Waals surface area contributed by atoms with Crippen LogP contribution in [0.2, 0.25) is 0 Å². The first kappa shape index (κ1) is 10.6. The molecule has 0 bridgehead atoms. The Morgan fingerprint density at radius 2 is 1.61 bits per heavy atom. The van der Waals surface area contributed by atoms with Gasteiger partial charge in [0, 0.05) is 3.57 Å². The molecule has 0 saturated carbocycles. The van der Waals surface area contributed by atoms with Crippen LogP contribution in [-0.2, 0) is 6.42 Å². The highest BCUT2D eigenvalue weighted by atomic mass is 127. The molecule has 3 aromatic carbocycles. The maximum Gasteiger partial charge on any atom is 0.0250 e. The van der Waals surface area contributed by atoms with E-state index in [-0.39, 0.29) is 0 Å². The van der Waals surface area contributed by atoms with Gasteiger partial charge in [-0.3, -0.25) is 0 Å². The molecule has 1 aliphatic rings. The van der Waals surface area contributed by atoms with Crippen LogP contribution in [0.5, 0.6) is 0 Å². The third-order valence-electron chi connectivity index (χ3n) is 3.76. The summed E-state index contributed by atoms with van der Waals surface area (Å²) in [6.45, 7) is 0. The van der Waals surface area contributed by atoms with Gasteiger partial charge in [-0.2, -0.15) is 0 Å². The van der Waals surface area contributed by atoms with Crippen molar-refractivity contribution in [1.82, 2.24) is 0 Å². The lowest BCUT2D eigenvalue weighted by atomic mass is 10.0. The minimum atomic E-state index is 1.08. The van der Waals surface area contributed by atoms with Crippen LogP contribution >= 0.6 is 22.6 Å². The second-order valence-electron chi connectivity index (χ2n) is 4.77. The van der Waals surface area contributed by atoms with Crippen molar-refractivity contribution in [3.8, 4) is 11.1 Å². The van der Waals surface area contributed by atoms with Crippen LogP contribution in [0.3, 0.4) is 0 Å². The lowest BCUT2D eigenvalue weighted by Crippen LogP contribution is -1.88. The van der Waals surface area contributed by atoms with Crippen molar-refractivity contribution in [3.05, 3.63) is 69.3 Å². The van der Waals surface area contributed by atoms with E-state index >= 15 is 0 Å². The first-order valence-electron chi connectivity index (χ1n) is 6.13. The Labute approximate surface area is 120 Å². The maximum atomic E-state index is 2.50. The summed E-state index contributed by atoms with van der Waals surface area (Å²) in [7, 11) is 0. The Hall–Kier alpha value is -1.35. The van der Waals surface area contributed by atoms with Gasteiger partial charge in [-0.05, 0) is 68.1 Å². The molecule has 86 valence electrons. The molecule has 0 heterocycles. The molecule has 0 aromatic heterocycles. The van der Waals surface area contributed by atoms with Crippen molar-refractivity contribution < 1.29 is 0 Å². The Balaban J connectivity index is 2.13. The molecular formula is C17H11I. The van der Waals surface area contributed by atoms with E-state index in [1.807, 2.05) is 0 Å². The molecular weight excluding hydrogens is 331 g/mol. The summed E-state index contributed by atoms with van der Waals surface area (Å²) in [6.07, 6.45) is 1.08. The van der Waals surface area contributed by atoms with Gasteiger partial charge in [0.25, 0.3) is 0 Å². The molecule has 0 nitrogen and oxygen atoms in total. The molecule has 0 spiro atoms. The zero-order valence-electron chi connectivity index (χ0n) is 9.78. The molecule has 0 radical (unpaired) electrons. The van der Waals surface area contributed by atoms with Crippen molar-refractivity contribution in [2.24, 2.45) is 0 Å². The molecule has 0 N–H and O–H groups in total. The smallest absolute Gasteiger partial charge is 0.0250 e. The number of fused-ring (bicyclic) bond motifs is 4. The highest BCUT2D eigenvalue weighted by Gasteiger charge is 2.21. The van der Waals surface area contributed by atoms with Gasteiger partial charge in [-0.15, -0.1) is 0 Å². The van der Waals surface area contributed by atoms with Crippen LogP contribution in [0.1, 0.15) is 11.1 Å². The average molecular weight is 342 g/mol. The first-order chi connectivity index (χ1) is 8.84. The van der Waals surface area contributed by atoms with Crippen LogP contribution in [0.25, 0.3) is 21.9 Å². The topological polar surface area (TPSA) is 0 Å². The van der Waals surface area contributed by atoms with Crippen molar-refractivity contribution in [2.75, 3.05) is 0 Å². The minimum absolute atomic E-state index is 1.08. The van der Waals surface area contributed by atoms with Crippen molar-refractivity contribution in [3.63, 3.8) is 0 Å². The number of benzene rings is 3. The second kappa shape index (κ2) is 3.82. The largest absolute Gasteiger partial charge is 0.0619 e. The molecule has 4 rings (SSSR count). The molecule has 0 saturated heterocycles. The predicted molar refractivity (Wildman–Crippen MR) is 84.9 cm³/mol. The van der Waals surface area contributed by atoms with Crippen LogP contribution in [0.4, 0.5) is 0 Å². The maximum absolute atomic E-state index is 2.50. The average Bonchev–Trinajstić information content (AvgIpc) is 2.79. The van der Waals surface area contributed by atoms with E-state index in [1.165, 1.54) is 36.6 Å².